The maximum Gasteiger partial charge on any atom is 0.365 e. The molecule has 0 saturated carbocycles. The molecule has 1 atom stereocenters. The van der Waals surface area contributed by atoms with Gasteiger partial charge < -0.3 is 9.42 Å². The van der Waals surface area contributed by atoms with Crippen molar-refractivity contribution in [2.45, 2.75) is 0 Å². The van der Waals surface area contributed by atoms with Crippen molar-refractivity contribution in [3.8, 4) is 5.75 Å². The van der Waals surface area contributed by atoms with Crippen LogP contribution < -0.4 is 4.52 Å². The van der Waals surface area contributed by atoms with Gasteiger partial charge in [0.05, 0.1) is 0 Å². The van der Waals surface area contributed by atoms with Gasteiger partial charge >= 0.3 is 8.25 Å². The molecule has 0 amide bonds. The topological polar surface area (TPSA) is 46.5 Å². The van der Waals surface area contributed by atoms with E-state index in [4.69, 9.17) is 4.89 Å². The van der Waals surface area contributed by atoms with Gasteiger partial charge in [-0.25, -0.2) is 4.57 Å². The molecule has 0 aliphatic heterocycles. The molecule has 56 valence electrons. The first-order valence-corrected chi connectivity index (χ1v) is 4.01. The van der Waals surface area contributed by atoms with Crippen LogP contribution in [0.2, 0.25) is 0 Å². The number of benzene rings is 1. The Kier molecular flexibility index (Phi) is 5.40. The Morgan fingerprint density at radius 1 is 1.27 bits per heavy atom. The van der Waals surface area contributed by atoms with Gasteiger partial charge in [0.15, 0.2) is 0 Å². The maximum atomic E-state index is 10.1. The van der Waals surface area contributed by atoms with E-state index in [1.54, 1.807) is 30.3 Å². The van der Waals surface area contributed by atoms with Crippen molar-refractivity contribution in [3.63, 3.8) is 0 Å². The zero-order valence-electron chi connectivity index (χ0n) is 5.86. The van der Waals surface area contributed by atoms with Gasteiger partial charge in [-0.3, -0.25) is 0 Å². The van der Waals surface area contributed by atoms with E-state index in [0.29, 0.717) is 5.75 Å². The van der Waals surface area contributed by atoms with Crippen molar-refractivity contribution < 1.29 is 33.5 Å². The molecular weight excluding hydrogens is 216 g/mol. The molecule has 0 aliphatic rings. The van der Waals surface area contributed by atoms with Gasteiger partial charge in [0.25, 0.3) is 0 Å². The van der Waals surface area contributed by atoms with Gasteiger partial charge in [-0.1, -0.05) is 18.2 Å². The molecule has 3 nitrogen and oxygen atoms in total. The molecule has 11 heavy (non-hydrogen) atoms. The third kappa shape index (κ3) is 4.31. The first-order valence-electron chi connectivity index (χ1n) is 2.75. The van der Waals surface area contributed by atoms with E-state index < -0.39 is 8.25 Å². The smallest absolute Gasteiger partial charge is 0.365 e. The Balaban J connectivity index is 0.000001000. The van der Waals surface area contributed by atoms with Crippen LogP contribution in [0, 0.1) is 0 Å². The molecule has 1 aromatic carbocycles. The van der Waals surface area contributed by atoms with Crippen molar-refractivity contribution in [1.82, 2.24) is 0 Å². The molecular formula is C6H7O3PZn. The van der Waals surface area contributed by atoms with Crippen LogP contribution in [0.25, 0.3) is 0 Å². The summed E-state index contributed by atoms with van der Waals surface area (Å²) in [5.41, 5.74) is 0. The van der Waals surface area contributed by atoms with Gasteiger partial charge in [-0.15, -0.1) is 0 Å². The normalized spacial score (nSPS) is 11.4. The van der Waals surface area contributed by atoms with E-state index in [1.165, 1.54) is 0 Å². The van der Waals surface area contributed by atoms with Gasteiger partial charge in [-0.05, 0) is 12.1 Å². The molecule has 1 rings (SSSR count). The number of hydrogen-bond donors (Lipinski definition) is 1. The van der Waals surface area contributed by atoms with Crippen molar-refractivity contribution in [2.24, 2.45) is 0 Å². The summed E-state index contributed by atoms with van der Waals surface area (Å²) in [6.45, 7) is 0. The SMILES string of the molecule is O=[PH](O)Oc1ccccc1.[Zn]. The van der Waals surface area contributed by atoms with Crippen molar-refractivity contribution >= 4 is 8.25 Å². The summed E-state index contributed by atoms with van der Waals surface area (Å²) in [5.74, 6) is 0.425. The predicted octanol–water partition coefficient (Wildman–Crippen LogP) is 1.44. The molecule has 1 N–H and O–H groups in total. The summed E-state index contributed by atoms with van der Waals surface area (Å²) in [5, 5.41) is 0. The Hall–Kier alpha value is -0.167. The summed E-state index contributed by atoms with van der Waals surface area (Å²) in [4.78, 5) is 8.33. The first-order chi connectivity index (χ1) is 4.79. The zero-order chi connectivity index (χ0) is 7.40. The summed E-state index contributed by atoms with van der Waals surface area (Å²) >= 11 is 0. The first kappa shape index (κ1) is 10.8. The Morgan fingerprint density at radius 2 is 1.82 bits per heavy atom. The zero-order valence-corrected chi connectivity index (χ0v) is 9.82. The summed E-state index contributed by atoms with van der Waals surface area (Å²) < 4.78 is 14.6. The van der Waals surface area contributed by atoms with Gasteiger partial charge in [-0.2, -0.15) is 0 Å². The minimum absolute atomic E-state index is 0. The van der Waals surface area contributed by atoms with Crippen LogP contribution in [0.5, 0.6) is 5.75 Å². The standard InChI is InChI=1S/C6H7O3P.Zn/c7-10(8)9-6-4-2-1-3-5-6;/h1-5,10H,(H,7,8);. The van der Waals surface area contributed by atoms with Crippen LogP contribution in [0.4, 0.5) is 0 Å². The van der Waals surface area contributed by atoms with Gasteiger partial charge in [0.1, 0.15) is 5.75 Å². The molecule has 0 heterocycles. The third-order valence-corrected chi connectivity index (χ3v) is 1.36. The number of para-hydroxylation sites is 1. The summed E-state index contributed by atoms with van der Waals surface area (Å²) in [6.07, 6.45) is 0. The monoisotopic (exact) mass is 222 g/mol. The Morgan fingerprint density at radius 3 is 2.27 bits per heavy atom. The molecule has 0 saturated heterocycles. The minimum Gasteiger partial charge on any atom is -0.426 e. The second kappa shape index (κ2) is 5.48. The van der Waals surface area contributed by atoms with Crippen LogP contribution >= 0.6 is 8.25 Å². The maximum absolute atomic E-state index is 10.1. The van der Waals surface area contributed by atoms with Crippen molar-refractivity contribution in [3.05, 3.63) is 30.3 Å². The van der Waals surface area contributed by atoms with E-state index >= 15 is 0 Å². The van der Waals surface area contributed by atoms with Crippen molar-refractivity contribution in [1.29, 1.82) is 0 Å². The van der Waals surface area contributed by atoms with E-state index in [0.717, 1.165) is 0 Å². The van der Waals surface area contributed by atoms with Crippen LogP contribution in [0.3, 0.4) is 0 Å². The molecule has 0 spiro atoms. The fraction of sp³-hybridized carbons (Fsp3) is 0. The summed E-state index contributed by atoms with van der Waals surface area (Å²) in [6, 6.07) is 8.53. The molecule has 1 aromatic rings. The average Bonchev–Trinajstić information content (AvgIpc) is 1.88. The van der Waals surface area contributed by atoms with Crippen LogP contribution in [0.1, 0.15) is 0 Å². The summed E-state index contributed by atoms with van der Waals surface area (Å²) in [7, 11) is -2.84. The van der Waals surface area contributed by atoms with Crippen molar-refractivity contribution in [2.75, 3.05) is 0 Å². The molecule has 5 heteroatoms. The molecule has 0 aromatic heterocycles. The van der Waals surface area contributed by atoms with Crippen LogP contribution in [0.15, 0.2) is 30.3 Å². The number of rotatable bonds is 2. The minimum atomic E-state index is -2.84. The average molecular weight is 223 g/mol. The fourth-order valence-electron chi connectivity index (χ4n) is 0.589. The fourth-order valence-corrected chi connectivity index (χ4v) is 0.927. The second-order valence-corrected chi connectivity index (χ2v) is 2.42. The third-order valence-electron chi connectivity index (χ3n) is 0.948. The van der Waals surface area contributed by atoms with E-state index in [1.807, 2.05) is 0 Å². The Labute approximate surface area is 78.1 Å². The van der Waals surface area contributed by atoms with E-state index in [9.17, 15) is 4.57 Å². The number of hydrogen-bond acceptors (Lipinski definition) is 2. The van der Waals surface area contributed by atoms with Crippen LogP contribution in [-0.4, -0.2) is 4.89 Å². The quantitative estimate of drug-likeness (QED) is 0.610. The second-order valence-electron chi connectivity index (χ2n) is 1.68. The largest absolute Gasteiger partial charge is 0.426 e. The molecule has 0 radical (unpaired) electrons. The van der Waals surface area contributed by atoms with Crippen LogP contribution in [-0.2, 0) is 24.0 Å². The Bertz CT molecular complexity index is 227. The molecule has 0 fully saturated rings. The van der Waals surface area contributed by atoms with Gasteiger partial charge in [0.2, 0.25) is 0 Å². The van der Waals surface area contributed by atoms with Gasteiger partial charge in [0, 0.05) is 19.5 Å². The van der Waals surface area contributed by atoms with E-state index in [-0.39, 0.29) is 19.5 Å². The molecule has 0 aliphatic carbocycles. The molecule has 0 bridgehead atoms. The predicted molar refractivity (Wildman–Crippen MR) is 38.3 cm³/mol. The molecule has 1 unspecified atom stereocenters. The van der Waals surface area contributed by atoms with E-state index in [2.05, 4.69) is 4.52 Å².